The first-order valence-electron chi connectivity index (χ1n) is 12.0. The first kappa shape index (κ1) is 27.4. The summed E-state index contributed by atoms with van der Waals surface area (Å²) in [5.74, 6) is 1.55. The predicted molar refractivity (Wildman–Crippen MR) is 180 cm³/mol. The zero-order valence-electron chi connectivity index (χ0n) is 20.4. The molecule has 0 amide bonds. The standard InChI is InChI=1S/C30H17BrClI2N3O3/c31-20-7-10-26-19(13-20)14-27(40-26)29-36-25-4-2-1-3-22(25)30(38)37(29)35-15-18-11-23(33)28(24(34)12-18)39-16-17-5-8-21(32)9-6-17/h1-15H,16H2. The Bertz CT molecular complexity index is 1960. The van der Waals surface area contributed by atoms with Crippen LogP contribution >= 0.6 is 72.7 Å². The van der Waals surface area contributed by atoms with Crippen LogP contribution in [0, 0.1) is 7.14 Å². The summed E-state index contributed by atoms with van der Waals surface area (Å²) in [6, 6.07) is 26.3. The quantitative estimate of drug-likeness (QED) is 0.124. The molecule has 0 saturated carbocycles. The molecule has 6 nitrogen and oxygen atoms in total. The van der Waals surface area contributed by atoms with Gasteiger partial charge in [0.05, 0.1) is 24.3 Å². The van der Waals surface area contributed by atoms with E-state index in [-0.39, 0.29) is 5.56 Å². The molecule has 0 saturated heterocycles. The molecule has 6 aromatic rings. The Hall–Kier alpha value is -2.74. The molecule has 6 rings (SSSR count). The number of halogens is 4. The maximum atomic E-state index is 13.6. The van der Waals surface area contributed by atoms with Crippen LogP contribution in [0.15, 0.2) is 104 Å². The van der Waals surface area contributed by atoms with Gasteiger partial charge in [0.2, 0.25) is 5.82 Å². The molecule has 0 radical (unpaired) electrons. The van der Waals surface area contributed by atoms with Crippen molar-refractivity contribution in [2.45, 2.75) is 6.61 Å². The molecule has 0 fully saturated rings. The second-order valence-electron chi connectivity index (χ2n) is 8.84. The van der Waals surface area contributed by atoms with Crippen molar-refractivity contribution in [1.29, 1.82) is 0 Å². The molecule has 0 spiro atoms. The van der Waals surface area contributed by atoms with Crippen LogP contribution in [0.1, 0.15) is 11.1 Å². The van der Waals surface area contributed by atoms with Crippen LogP contribution in [0.5, 0.6) is 5.75 Å². The number of para-hydroxylation sites is 1. The fraction of sp³-hybridized carbons (Fsp3) is 0.0333. The van der Waals surface area contributed by atoms with Gasteiger partial charge in [-0.2, -0.15) is 9.78 Å². The van der Waals surface area contributed by atoms with Crippen molar-refractivity contribution in [3.05, 3.63) is 123 Å². The lowest BCUT2D eigenvalue weighted by molar-refractivity contribution is 0.302. The van der Waals surface area contributed by atoms with Gasteiger partial charge in [0.1, 0.15) is 17.9 Å². The van der Waals surface area contributed by atoms with E-state index in [4.69, 9.17) is 25.7 Å². The molecule has 40 heavy (non-hydrogen) atoms. The molecule has 0 bridgehead atoms. The summed E-state index contributed by atoms with van der Waals surface area (Å²) in [4.78, 5) is 18.3. The lowest BCUT2D eigenvalue weighted by Crippen LogP contribution is -2.20. The number of rotatable bonds is 6. The maximum Gasteiger partial charge on any atom is 0.282 e. The van der Waals surface area contributed by atoms with Crippen molar-refractivity contribution in [2.24, 2.45) is 5.10 Å². The smallest absolute Gasteiger partial charge is 0.282 e. The van der Waals surface area contributed by atoms with Crippen LogP contribution in [0.2, 0.25) is 5.02 Å². The fourth-order valence-electron chi connectivity index (χ4n) is 4.17. The molecular weight excluding hydrogens is 820 g/mol. The summed E-state index contributed by atoms with van der Waals surface area (Å²) < 4.78 is 16.3. The summed E-state index contributed by atoms with van der Waals surface area (Å²) in [5.41, 5.74) is 2.81. The fourth-order valence-corrected chi connectivity index (χ4v) is 6.80. The minimum absolute atomic E-state index is 0.286. The first-order chi connectivity index (χ1) is 19.4. The number of hydrogen-bond donors (Lipinski definition) is 0. The van der Waals surface area contributed by atoms with Gasteiger partial charge in [-0.1, -0.05) is 51.8 Å². The molecule has 2 aromatic heterocycles. The highest BCUT2D eigenvalue weighted by molar-refractivity contribution is 14.1. The number of furan rings is 1. The van der Waals surface area contributed by atoms with E-state index >= 15 is 0 Å². The van der Waals surface area contributed by atoms with Crippen LogP contribution in [0.3, 0.4) is 0 Å². The van der Waals surface area contributed by atoms with Crippen molar-refractivity contribution >= 4 is 101 Å². The van der Waals surface area contributed by atoms with Crippen LogP contribution in [-0.2, 0) is 6.61 Å². The van der Waals surface area contributed by atoms with Gasteiger partial charge < -0.3 is 9.15 Å². The number of hydrogen-bond acceptors (Lipinski definition) is 5. The monoisotopic (exact) mass is 835 g/mol. The Morgan fingerprint density at radius 2 is 1.75 bits per heavy atom. The number of aromatic nitrogens is 2. The summed E-state index contributed by atoms with van der Waals surface area (Å²) in [7, 11) is 0. The predicted octanol–water partition coefficient (Wildman–Crippen LogP) is 8.90. The summed E-state index contributed by atoms with van der Waals surface area (Å²) in [5, 5.41) is 6.64. The van der Waals surface area contributed by atoms with Crippen LogP contribution in [0.25, 0.3) is 33.5 Å². The summed E-state index contributed by atoms with van der Waals surface area (Å²) in [6.07, 6.45) is 1.65. The molecular formula is C30H17BrClI2N3O3. The number of ether oxygens (including phenoxy) is 1. The highest BCUT2D eigenvalue weighted by Crippen LogP contribution is 2.31. The van der Waals surface area contributed by atoms with E-state index in [1.807, 2.05) is 72.8 Å². The maximum absolute atomic E-state index is 13.6. The topological polar surface area (TPSA) is 69.6 Å². The second-order valence-corrected chi connectivity index (χ2v) is 12.5. The van der Waals surface area contributed by atoms with Crippen molar-refractivity contribution in [1.82, 2.24) is 9.66 Å². The van der Waals surface area contributed by atoms with E-state index < -0.39 is 0 Å². The average molecular weight is 837 g/mol. The summed E-state index contributed by atoms with van der Waals surface area (Å²) >= 11 is 14.0. The van der Waals surface area contributed by atoms with Gasteiger partial charge in [0, 0.05) is 14.9 Å². The Labute approximate surface area is 269 Å². The van der Waals surface area contributed by atoms with Crippen molar-refractivity contribution in [3.63, 3.8) is 0 Å². The molecule has 10 heteroatoms. The van der Waals surface area contributed by atoms with Crippen molar-refractivity contribution in [3.8, 4) is 17.3 Å². The van der Waals surface area contributed by atoms with Gasteiger partial charge in [-0.25, -0.2) is 4.98 Å². The van der Waals surface area contributed by atoms with Gasteiger partial charge >= 0.3 is 0 Å². The lowest BCUT2D eigenvalue weighted by atomic mass is 10.2. The zero-order chi connectivity index (χ0) is 27.8. The zero-order valence-corrected chi connectivity index (χ0v) is 27.1. The number of fused-ring (bicyclic) bond motifs is 2. The third-order valence-electron chi connectivity index (χ3n) is 6.09. The molecule has 2 heterocycles. The van der Waals surface area contributed by atoms with Gasteiger partial charge in [0.15, 0.2) is 5.76 Å². The Kier molecular flexibility index (Phi) is 7.98. The minimum Gasteiger partial charge on any atom is -0.487 e. The highest BCUT2D eigenvalue weighted by atomic mass is 127. The molecule has 0 N–H and O–H groups in total. The van der Waals surface area contributed by atoms with E-state index in [0.717, 1.165) is 33.9 Å². The van der Waals surface area contributed by atoms with Gasteiger partial charge in [-0.05, 0) is 117 Å². The molecule has 0 aliphatic rings. The molecule has 0 unspecified atom stereocenters. The van der Waals surface area contributed by atoms with E-state index in [2.05, 4.69) is 66.2 Å². The molecule has 0 atom stereocenters. The molecule has 4 aromatic carbocycles. The van der Waals surface area contributed by atoms with Gasteiger partial charge in [0.25, 0.3) is 5.56 Å². The second kappa shape index (κ2) is 11.6. The normalized spacial score (nSPS) is 11.6. The van der Waals surface area contributed by atoms with Crippen molar-refractivity contribution in [2.75, 3.05) is 0 Å². The molecule has 198 valence electrons. The van der Waals surface area contributed by atoms with E-state index in [9.17, 15) is 4.79 Å². The SMILES string of the molecule is O=c1c2ccccc2nc(-c2cc3cc(Br)ccc3o2)n1N=Cc1cc(I)c(OCc2ccc(Cl)cc2)c(I)c1. The molecule has 0 aliphatic carbocycles. The minimum atomic E-state index is -0.286. The highest BCUT2D eigenvalue weighted by Gasteiger charge is 2.17. The largest absolute Gasteiger partial charge is 0.487 e. The van der Waals surface area contributed by atoms with Crippen LogP contribution in [-0.4, -0.2) is 15.9 Å². The lowest BCUT2D eigenvalue weighted by Gasteiger charge is -2.12. The molecule has 0 aliphatic heterocycles. The van der Waals surface area contributed by atoms with Gasteiger partial charge in [-0.3, -0.25) is 4.79 Å². The average Bonchev–Trinajstić information content (AvgIpc) is 3.36. The third-order valence-corrected chi connectivity index (χ3v) is 8.44. The van der Waals surface area contributed by atoms with Gasteiger partial charge in [-0.15, -0.1) is 0 Å². The third kappa shape index (κ3) is 5.69. The Morgan fingerprint density at radius 1 is 1.00 bits per heavy atom. The van der Waals surface area contributed by atoms with E-state index in [1.54, 1.807) is 18.3 Å². The van der Waals surface area contributed by atoms with Crippen LogP contribution in [0.4, 0.5) is 0 Å². The first-order valence-corrected chi connectivity index (χ1v) is 15.3. The van der Waals surface area contributed by atoms with Crippen molar-refractivity contribution < 1.29 is 9.15 Å². The van der Waals surface area contributed by atoms with E-state index in [1.165, 1.54) is 4.68 Å². The number of benzene rings is 4. The van der Waals surface area contributed by atoms with E-state index in [0.29, 0.717) is 39.7 Å². The van der Waals surface area contributed by atoms with Crippen LogP contribution < -0.4 is 10.3 Å². The summed E-state index contributed by atoms with van der Waals surface area (Å²) in [6.45, 7) is 0.423. The Balaban J connectivity index is 1.37. The Morgan fingerprint density at radius 3 is 2.52 bits per heavy atom. The number of nitrogens with zero attached hydrogens (tertiary/aromatic N) is 3.